The molecule has 31 heavy (non-hydrogen) atoms. The number of halogens is 4. The minimum atomic E-state index is -2.83. The summed E-state index contributed by atoms with van der Waals surface area (Å²) in [6.45, 7) is 0. The number of rotatable bonds is 5. The topological polar surface area (TPSA) is 68.5 Å². The van der Waals surface area contributed by atoms with Crippen molar-refractivity contribution in [1.29, 1.82) is 0 Å². The van der Waals surface area contributed by atoms with Crippen LogP contribution in [-0.4, -0.2) is 27.6 Å². The molecule has 0 aliphatic heterocycles. The Hall–Kier alpha value is -3.23. The van der Waals surface area contributed by atoms with Crippen molar-refractivity contribution in [2.75, 3.05) is 12.4 Å². The van der Waals surface area contributed by atoms with Crippen LogP contribution in [0.25, 0.3) is 16.9 Å². The maximum absolute atomic E-state index is 13.7. The van der Waals surface area contributed by atoms with Crippen LogP contribution in [0.2, 0.25) is 10.0 Å². The van der Waals surface area contributed by atoms with E-state index in [4.69, 9.17) is 27.9 Å². The molecule has 4 aromatic rings. The zero-order valence-electron chi connectivity index (χ0n) is 15.9. The molecule has 0 atom stereocenters. The number of amides is 1. The molecule has 0 fully saturated rings. The van der Waals surface area contributed by atoms with Gasteiger partial charge in [0.25, 0.3) is 12.3 Å². The minimum Gasteiger partial charge on any atom is -0.497 e. The number of ether oxygens (including phenoxy) is 1. The molecular formula is C21H14Cl2F2N4O2. The molecule has 0 aliphatic rings. The first-order valence-corrected chi connectivity index (χ1v) is 9.70. The molecule has 2 aromatic carbocycles. The number of carbonyl (C=O) groups excluding carboxylic acids is 1. The number of alkyl halides is 2. The van der Waals surface area contributed by atoms with Gasteiger partial charge in [0.2, 0.25) is 0 Å². The molecule has 158 valence electrons. The lowest BCUT2D eigenvalue weighted by atomic mass is 10.1. The van der Waals surface area contributed by atoms with E-state index in [1.807, 2.05) is 0 Å². The van der Waals surface area contributed by atoms with Crippen molar-refractivity contribution in [3.8, 4) is 17.0 Å². The van der Waals surface area contributed by atoms with E-state index in [1.54, 1.807) is 30.3 Å². The van der Waals surface area contributed by atoms with Crippen molar-refractivity contribution < 1.29 is 18.3 Å². The summed E-state index contributed by atoms with van der Waals surface area (Å²) >= 11 is 12.1. The van der Waals surface area contributed by atoms with Gasteiger partial charge in [-0.25, -0.2) is 18.3 Å². The van der Waals surface area contributed by atoms with Crippen LogP contribution in [0.1, 0.15) is 22.5 Å². The first-order valence-electron chi connectivity index (χ1n) is 8.95. The SMILES string of the molecule is COc1ccc(-c2cc(C(F)F)n3ncc(C(=O)Nc4cc(Cl)ccc4Cl)c3n2)cc1. The summed E-state index contributed by atoms with van der Waals surface area (Å²) in [7, 11) is 1.53. The van der Waals surface area contributed by atoms with Crippen LogP contribution in [0.5, 0.6) is 5.75 Å². The Labute approximate surface area is 185 Å². The molecule has 10 heteroatoms. The number of fused-ring (bicyclic) bond motifs is 1. The zero-order valence-corrected chi connectivity index (χ0v) is 17.5. The highest BCUT2D eigenvalue weighted by Crippen LogP contribution is 2.29. The normalized spacial score (nSPS) is 11.2. The van der Waals surface area contributed by atoms with E-state index < -0.39 is 18.0 Å². The molecule has 6 nitrogen and oxygen atoms in total. The quantitative estimate of drug-likeness (QED) is 0.400. The third-order valence-corrected chi connectivity index (χ3v) is 5.09. The maximum atomic E-state index is 13.7. The van der Waals surface area contributed by atoms with Gasteiger partial charge in [0, 0.05) is 10.6 Å². The molecule has 0 bridgehead atoms. The zero-order chi connectivity index (χ0) is 22.1. The lowest BCUT2D eigenvalue weighted by Gasteiger charge is -2.10. The summed E-state index contributed by atoms with van der Waals surface area (Å²) < 4.78 is 33.5. The lowest BCUT2D eigenvalue weighted by Crippen LogP contribution is -2.13. The molecule has 2 heterocycles. The van der Waals surface area contributed by atoms with Gasteiger partial charge in [-0.3, -0.25) is 4.79 Å². The standard InChI is InChI=1S/C21H14Cl2F2N4O2/c1-31-13-5-2-11(3-6-13)16-9-18(19(24)25)29-20(27-16)14(10-26-29)21(30)28-17-8-12(22)4-7-15(17)23/h2-10,19H,1H3,(H,28,30). The number of nitrogens with one attached hydrogen (secondary N) is 1. The van der Waals surface area contributed by atoms with Gasteiger partial charge in [-0.15, -0.1) is 0 Å². The highest BCUT2D eigenvalue weighted by molar-refractivity contribution is 6.36. The maximum Gasteiger partial charge on any atom is 0.280 e. The summed E-state index contributed by atoms with van der Waals surface area (Å²) in [4.78, 5) is 17.3. The van der Waals surface area contributed by atoms with Crippen LogP contribution >= 0.6 is 23.2 Å². The van der Waals surface area contributed by atoms with Gasteiger partial charge >= 0.3 is 0 Å². The molecule has 0 radical (unpaired) electrons. The van der Waals surface area contributed by atoms with Crippen LogP contribution in [-0.2, 0) is 0 Å². The van der Waals surface area contributed by atoms with Crippen LogP contribution in [0.15, 0.2) is 54.7 Å². The molecule has 0 unspecified atom stereocenters. The smallest absolute Gasteiger partial charge is 0.280 e. The van der Waals surface area contributed by atoms with Gasteiger partial charge in [-0.2, -0.15) is 5.10 Å². The van der Waals surface area contributed by atoms with Crippen molar-refractivity contribution in [2.24, 2.45) is 0 Å². The summed E-state index contributed by atoms with van der Waals surface area (Å²) in [5.74, 6) is 0.000459. The fraction of sp³-hybridized carbons (Fsp3) is 0.0952. The molecule has 1 N–H and O–H groups in total. The van der Waals surface area contributed by atoms with Crippen molar-refractivity contribution >= 4 is 40.4 Å². The second-order valence-electron chi connectivity index (χ2n) is 6.47. The second-order valence-corrected chi connectivity index (χ2v) is 7.31. The Morgan fingerprint density at radius 2 is 1.87 bits per heavy atom. The number of benzene rings is 2. The number of aromatic nitrogens is 3. The van der Waals surface area contributed by atoms with Gasteiger partial charge in [0.1, 0.15) is 17.0 Å². The van der Waals surface area contributed by atoms with E-state index >= 15 is 0 Å². The van der Waals surface area contributed by atoms with Gasteiger partial charge in [0.15, 0.2) is 5.65 Å². The predicted octanol–water partition coefficient (Wildman–Crippen LogP) is 5.90. The summed E-state index contributed by atoms with van der Waals surface area (Å²) in [6, 6.07) is 12.6. The fourth-order valence-corrected chi connectivity index (χ4v) is 3.33. The first-order chi connectivity index (χ1) is 14.9. The van der Waals surface area contributed by atoms with Gasteiger partial charge in [-0.05, 0) is 48.5 Å². The number of hydrogen-bond acceptors (Lipinski definition) is 4. The molecule has 0 spiro atoms. The van der Waals surface area contributed by atoms with Crippen LogP contribution in [0, 0.1) is 0 Å². The van der Waals surface area contributed by atoms with Crippen molar-refractivity contribution in [3.63, 3.8) is 0 Å². The van der Waals surface area contributed by atoms with Crippen LogP contribution in [0.3, 0.4) is 0 Å². The van der Waals surface area contributed by atoms with Gasteiger partial charge < -0.3 is 10.1 Å². The molecular weight excluding hydrogens is 449 g/mol. The Bertz CT molecular complexity index is 1280. The highest BCUT2D eigenvalue weighted by Gasteiger charge is 2.22. The highest BCUT2D eigenvalue weighted by atomic mass is 35.5. The molecule has 4 rings (SSSR count). The van der Waals surface area contributed by atoms with E-state index in [0.29, 0.717) is 16.3 Å². The monoisotopic (exact) mass is 462 g/mol. The molecule has 0 saturated carbocycles. The Balaban J connectivity index is 1.80. The fourth-order valence-electron chi connectivity index (χ4n) is 2.99. The lowest BCUT2D eigenvalue weighted by molar-refractivity contribution is 0.102. The van der Waals surface area contributed by atoms with Crippen LogP contribution in [0.4, 0.5) is 14.5 Å². The second kappa shape index (κ2) is 8.49. The number of carbonyl (C=O) groups is 1. The Morgan fingerprint density at radius 3 is 2.55 bits per heavy atom. The van der Waals surface area contributed by atoms with E-state index in [1.165, 1.54) is 31.5 Å². The largest absolute Gasteiger partial charge is 0.497 e. The van der Waals surface area contributed by atoms with E-state index in [9.17, 15) is 13.6 Å². The summed E-state index contributed by atoms with van der Waals surface area (Å²) in [5.41, 5.74) is 0.721. The third-order valence-electron chi connectivity index (χ3n) is 4.53. The average Bonchev–Trinajstić information content (AvgIpc) is 3.19. The molecule has 0 saturated heterocycles. The number of anilines is 1. The van der Waals surface area contributed by atoms with Gasteiger partial charge in [0.05, 0.1) is 29.7 Å². The molecule has 0 aliphatic carbocycles. The molecule has 1 amide bonds. The summed E-state index contributed by atoms with van der Waals surface area (Å²) in [5, 5.41) is 7.20. The number of hydrogen-bond donors (Lipinski definition) is 1. The van der Waals surface area contributed by atoms with Gasteiger partial charge in [-0.1, -0.05) is 23.2 Å². The summed E-state index contributed by atoms with van der Waals surface area (Å²) in [6.07, 6.45) is -1.65. The van der Waals surface area contributed by atoms with Crippen molar-refractivity contribution in [2.45, 2.75) is 6.43 Å². The van der Waals surface area contributed by atoms with E-state index in [-0.39, 0.29) is 27.6 Å². The molecule has 2 aromatic heterocycles. The third kappa shape index (κ3) is 4.17. The number of nitrogens with zero attached hydrogens (tertiary/aromatic N) is 3. The Kier molecular flexibility index (Phi) is 5.75. The predicted molar refractivity (Wildman–Crippen MR) is 114 cm³/mol. The van der Waals surface area contributed by atoms with E-state index in [0.717, 1.165) is 4.52 Å². The van der Waals surface area contributed by atoms with E-state index in [2.05, 4.69) is 15.4 Å². The minimum absolute atomic E-state index is 0.00769. The first kappa shape index (κ1) is 21.0. The van der Waals surface area contributed by atoms with Crippen molar-refractivity contribution in [3.05, 3.63) is 76.0 Å². The average molecular weight is 463 g/mol. The number of methoxy groups -OCH3 is 1. The Morgan fingerprint density at radius 1 is 1.13 bits per heavy atom. The van der Waals surface area contributed by atoms with Crippen LogP contribution < -0.4 is 10.1 Å². The van der Waals surface area contributed by atoms with Crippen molar-refractivity contribution in [1.82, 2.24) is 14.6 Å².